The zero-order valence-corrected chi connectivity index (χ0v) is 12.7. The Morgan fingerprint density at radius 3 is 2.45 bits per heavy atom. The van der Waals surface area contributed by atoms with Crippen LogP contribution in [0.1, 0.15) is 37.3 Å². The molecule has 1 fully saturated rings. The number of halogens is 1. The van der Waals surface area contributed by atoms with Crippen LogP contribution in [-0.2, 0) is 16.6 Å². The summed E-state index contributed by atoms with van der Waals surface area (Å²) in [7, 11) is 0. The van der Waals surface area contributed by atoms with Gasteiger partial charge in [-0.2, -0.15) is 0 Å². The minimum atomic E-state index is -0.578. The highest BCUT2D eigenvalue weighted by molar-refractivity contribution is 5.99. The fourth-order valence-electron chi connectivity index (χ4n) is 3.04. The molecule has 22 heavy (non-hydrogen) atoms. The van der Waals surface area contributed by atoms with Crippen molar-refractivity contribution in [1.29, 1.82) is 0 Å². The van der Waals surface area contributed by atoms with Gasteiger partial charge in [0.15, 0.2) is 0 Å². The minimum Gasteiger partial charge on any atom is -0.325 e. The van der Waals surface area contributed by atoms with Crippen LogP contribution in [0.2, 0.25) is 0 Å². The van der Waals surface area contributed by atoms with Crippen molar-refractivity contribution < 1.29 is 9.18 Å². The third kappa shape index (κ3) is 2.63. The van der Waals surface area contributed by atoms with Gasteiger partial charge in [0.05, 0.1) is 5.41 Å². The van der Waals surface area contributed by atoms with E-state index in [0.29, 0.717) is 0 Å². The maximum absolute atomic E-state index is 13.5. The van der Waals surface area contributed by atoms with Crippen molar-refractivity contribution in [3.8, 4) is 0 Å². The summed E-state index contributed by atoms with van der Waals surface area (Å²) >= 11 is 0. The average Bonchev–Trinajstić information content (AvgIpc) is 2.47. The maximum Gasteiger partial charge on any atom is 0.235 e. The average molecular weight is 297 g/mol. The van der Waals surface area contributed by atoms with Gasteiger partial charge in [-0.3, -0.25) is 4.79 Å². The second-order valence-corrected chi connectivity index (χ2v) is 5.95. The van der Waals surface area contributed by atoms with E-state index in [1.807, 2.05) is 30.3 Å². The van der Waals surface area contributed by atoms with Gasteiger partial charge in [-0.1, -0.05) is 37.6 Å². The van der Waals surface area contributed by atoms with E-state index in [1.165, 1.54) is 17.7 Å². The van der Waals surface area contributed by atoms with E-state index in [-0.39, 0.29) is 11.7 Å². The lowest BCUT2D eigenvalue weighted by atomic mass is 9.63. The molecule has 114 valence electrons. The van der Waals surface area contributed by atoms with Gasteiger partial charge in [0.25, 0.3) is 0 Å². The van der Waals surface area contributed by atoms with Crippen LogP contribution in [0.15, 0.2) is 48.5 Å². The molecule has 0 atom stereocenters. The molecule has 3 rings (SSSR count). The molecule has 2 nitrogen and oxygen atoms in total. The first-order chi connectivity index (χ1) is 10.6. The number of rotatable bonds is 4. The van der Waals surface area contributed by atoms with E-state index >= 15 is 0 Å². The number of nitrogens with one attached hydrogen (secondary N) is 1. The Balaban J connectivity index is 1.82. The van der Waals surface area contributed by atoms with E-state index in [9.17, 15) is 9.18 Å². The van der Waals surface area contributed by atoms with E-state index in [0.717, 1.165) is 36.9 Å². The number of hydrogen-bond acceptors (Lipinski definition) is 1. The number of carbonyl (C=O) groups excluding carboxylic acids is 1. The molecule has 0 unspecified atom stereocenters. The van der Waals surface area contributed by atoms with Crippen LogP contribution >= 0.6 is 0 Å². The topological polar surface area (TPSA) is 29.1 Å². The molecule has 0 spiro atoms. The molecule has 0 aliphatic heterocycles. The molecular weight excluding hydrogens is 277 g/mol. The highest BCUT2D eigenvalue weighted by atomic mass is 19.1. The number of hydrogen-bond donors (Lipinski definition) is 1. The third-order valence-electron chi connectivity index (χ3n) is 4.64. The molecular formula is C19H20FNO. The molecule has 1 N–H and O–H groups in total. The number of carbonyl (C=O) groups is 1. The van der Waals surface area contributed by atoms with Crippen molar-refractivity contribution in [2.45, 2.75) is 38.0 Å². The summed E-state index contributed by atoms with van der Waals surface area (Å²) in [5, 5.41) is 2.99. The molecule has 0 heterocycles. The summed E-state index contributed by atoms with van der Waals surface area (Å²) in [5.41, 5.74) is 2.23. The number of aryl methyl sites for hydroxylation is 1. The van der Waals surface area contributed by atoms with Crippen LogP contribution in [0.5, 0.6) is 0 Å². The lowest BCUT2D eigenvalue weighted by molar-refractivity contribution is -0.124. The Labute approximate surface area is 130 Å². The van der Waals surface area contributed by atoms with Crippen LogP contribution in [0, 0.1) is 5.82 Å². The van der Waals surface area contributed by atoms with Crippen molar-refractivity contribution in [1.82, 2.24) is 0 Å². The Hall–Kier alpha value is -2.16. The molecule has 1 aliphatic rings. The normalized spacial score (nSPS) is 15.9. The zero-order valence-electron chi connectivity index (χ0n) is 12.7. The van der Waals surface area contributed by atoms with Gasteiger partial charge in [-0.25, -0.2) is 4.39 Å². The lowest BCUT2D eigenvalue weighted by Crippen LogP contribution is -2.46. The van der Waals surface area contributed by atoms with Gasteiger partial charge in [0, 0.05) is 5.69 Å². The van der Waals surface area contributed by atoms with Crippen molar-refractivity contribution in [2.24, 2.45) is 0 Å². The Morgan fingerprint density at radius 1 is 1.18 bits per heavy atom. The SMILES string of the molecule is CCc1ccc(NC(=O)C2(c3cccc(F)c3)CCC2)cc1. The fourth-order valence-corrected chi connectivity index (χ4v) is 3.04. The van der Waals surface area contributed by atoms with Crippen molar-refractivity contribution in [2.75, 3.05) is 5.32 Å². The molecule has 0 saturated heterocycles. The van der Waals surface area contributed by atoms with Gasteiger partial charge in [-0.05, 0) is 54.7 Å². The maximum atomic E-state index is 13.5. The number of amides is 1. The van der Waals surface area contributed by atoms with Crippen LogP contribution in [-0.4, -0.2) is 5.91 Å². The summed E-state index contributed by atoms with van der Waals surface area (Å²) < 4.78 is 13.5. The summed E-state index contributed by atoms with van der Waals surface area (Å²) in [5.74, 6) is -0.322. The predicted octanol–water partition coefficient (Wildman–Crippen LogP) is 4.45. The molecule has 1 saturated carbocycles. The van der Waals surface area contributed by atoms with Crippen LogP contribution in [0.4, 0.5) is 10.1 Å². The lowest BCUT2D eigenvalue weighted by Gasteiger charge is -2.40. The Bertz CT molecular complexity index is 674. The van der Waals surface area contributed by atoms with Gasteiger partial charge in [0.2, 0.25) is 5.91 Å². The van der Waals surface area contributed by atoms with E-state index in [1.54, 1.807) is 6.07 Å². The van der Waals surface area contributed by atoms with Crippen molar-refractivity contribution in [3.63, 3.8) is 0 Å². The van der Waals surface area contributed by atoms with Gasteiger partial charge in [0.1, 0.15) is 5.82 Å². The molecule has 3 heteroatoms. The fraction of sp³-hybridized carbons (Fsp3) is 0.316. The first-order valence-corrected chi connectivity index (χ1v) is 7.80. The van der Waals surface area contributed by atoms with Crippen LogP contribution in [0.3, 0.4) is 0 Å². The third-order valence-corrected chi connectivity index (χ3v) is 4.64. The van der Waals surface area contributed by atoms with Crippen LogP contribution < -0.4 is 5.32 Å². The molecule has 2 aromatic carbocycles. The second kappa shape index (κ2) is 5.91. The summed E-state index contributed by atoms with van der Waals surface area (Å²) in [6.45, 7) is 2.10. The summed E-state index contributed by atoms with van der Waals surface area (Å²) in [6.07, 6.45) is 3.52. The highest BCUT2D eigenvalue weighted by Crippen LogP contribution is 2.44. The number of anilines is 1. The highest BCUT2D eigenvalue weighted by Gasteiger charge is 2.45. The Kier molecular flexibility index (Phi) is 3.97. The smallest absolute Gasteiger partial charge is 0.235 e. The van der Waals surface area contributed by atoms with E-state index < -0.39 is 5.41 Å². The predicted molar refractivity (Wildman–Crippen MR) is 86.4 cm³/mol. The quantitative estimate of drug-likeness (QED) is 0.887. The van der Waals surface area contributed by atoms with Gasteiger partial charge in [-0.15, -0.1) is 0 Å². The first kappa shape index (κ1) is 14.8. The monoisotopic (exact) mass is 297 g/mol. The van der Waals surface area contributed by atoms with Gasteiger partial charge >= 0.3 is 0 Å². The Morgan fingerprint density at radius 2 is 1.91 bits per heavy atom. The summed E-state index contributed by atoms with van der Waals surface area (Å²) in [6, 6.07) is 14.3. The molecule has 2 aromatic rings. The molecule has 1 amide bonds. The standard InChI is InChI=1S/C19H20FNO/c1-2-14-7-9-17(10-8-14)21-18(22)19(11-4-12-19)15-5-3-6-16(20)13-15/h3,5-10,13H,2,4,11-12H2,1H3,(H,21,22). The van der Waals surface area contributed by atoms with Crippen LogP contribution in [0.25, 0.3) is 0 Å². The van der Waals surface area contributed by atoms with Crippen molar-refractivity contribution in [3.05, 3.63) is 65.5 Å². The summed E-state index contributed by atoms with van der Waals surface area (Å²) in [4.78, 5) is 12.7. The minimum absolute atomic E-state index is 0.0337. The largest absolute Gasteiger partial charge is 0.325 e. The molecule has 1 aliphatic carbocycles. The van der Waals surface area contributed by atoms with Gasteiger partial charge < -0.3 is 5.32 Å². The molecule has 0 aromatic heterocycles. The second-order valence-electron chi connectivity index (χ2n) is 5.95. The first-order valence-electron chi connectivity index (χ1n) is 7.80. The van der Waals surface area contributed by atoms with E-state index in [4.69, 9.17) is 0 Å². The number of benzene rings is 2. The molecule has 0 bridgehead atoms. The van der Waals surface area contributed by atoms with E-state index in [2.05, 4.69) is 12.2 Å². The molecule has 0 radical (unpaired) electrons. The van der Waals surface area contributed by atoms with Crippen molar-refractivity contribution >= 4 is 11.6 Å². The zero-order chi connectivity index (χ0) is 15.6.